The predicted octanol–water partition coefficient (Wildman–Crippen LogP) is -0.139. The maximum Gasteiger partial charge on any atom is 0.256 e. The van der Waals surface area contributed by atoms with Crippen molar-refractivity contribution in [1.29, 1.82) is 0 Å². The second kappa shape index (κ2) is 2.88. The maximum atomic E-state index is 11.8. The van der Waals surface area contributed by atoms with Crippen LogP contribution in [0, 0.1) is 0 Å². The lowest BCUT2D eigenvalue weighted by Crippen LogP contribution is -2.25. The zero-order chi connectivity index (χ0) is 11.3. The molecule has 0 bridgehead atoms. The van der Waals surface area contributed by atoms with E-state index in [1.165, 1.54) is 0 Å². The Balaban J connectivity index is 2.31. The summed E-state index contributed by atoms with van der Waals surface area (Å²) in [6.07, 6.45) is 5.27. The van der Waals surface area contributed by atoms with Crippen LogP contribution >= 0.6 is 0 Å². The van der Waals surface area contributed by atoms with Crippen molar-refractivity contribution in [2.75, 3.05) is 5.84 Å². The Morgan fingerprint density at radius 3 is 2.38 bits per heavy atom. The van der Waals surface area contributed by atoms with Crippen molar-refractivity contribution < 1.29 is 9.59 Å². The van der Waals surface area contributed by atoms with E-state index in [4.69, 9.17) is 5.84 Å². The van der Waals surface area contributed by atoms with Crippen LogP contribution < -0.4 is 5.84 Å². The molecule has 80 valence electrons. The first-order chi connectivity index (χ1) is 7.68. The van der Waals surface area contributed by atoms with Gasteiger partial charge in [-0.1, -0.05) is 17.1 Å². The van der Waals surface area contributed by atoms with Gasteiger partial charge in [0.2, 0.25) is 5.78 Å². The number of ketones is 2. The van der Waals surface area contributed by atoms with Crippen LogP contribution in [0.3, 0.4) is 0 Å². The molecule has 1 aromatic heterocycles. The van der Waals surface area contributed by atoms with E-state index in [2.05, 4.69) is 10.2 Å². The molecule has 1 heterocycles. The molecule has 0 radical (unpaired) electrons. The number of allylic oxidation sites excluding steroid dienone is 4. The Hall–Kier alpha value is -2.24. The molecule has 2 aliphatic carbocycles. The van der Waals surface area contributed by atoms with E-state index < -0.39 is 11.6 Å². The van der Waals surface area contributed by atoms with E-state index in [0.717, 1.165) is 17.7 Å². The number of hydrogen-bond donors (Lipinski definition) is 1. The van der Waals surface area contributed by atoms with Crippen molar-refractivity contribution in [3.8, 4) is 0 Å². The number of nitrogen functional groups attached to an aromatic ring is 1. The van der Waals surface area contributed by atoms with Crippen LogP contribution in [-0.2, 0) is 4.79 Å². The van der Waals surface area contributed by atoms with Gasteiger partial charge in [-0.25, -0.2) is 0 Å². The summed E-state index contributed by atoms with van der Waals surface area (Å²) in [6, 6.07) is 0. The van der Waals surface area contributed by atoms with Gasteiger partial charge in [0.15, 0.2) is 5.69 Å². The Kier molecular flexibility index (Phi) is 1.62. The number of aromatic nitrogens is 3. The highest BCUT2D eigenvalue weighted by Gasteiger charge is 2.37. The van der Waals surface area contributed by atoms with E-state index in [-0.39, 0.29) is 5.69 Å². The summed E-state index contributed by atoms with van der Waals surface area (Å²) >= 11 is 0. The maximum absolute atomic E-state index is 11.8. The summed E-state index contributed by atoms with van der Waals surface area (Å²) < 4.78 is 0. The quantitative estimate of drug-likeness (QED) is 0.481. The fourth-order valence-corrected chi connectivity index (χ4v) is 2.00. The van der Waals surface area contributed by atoms with Gasteiger partial charge in [-0.3, -0.25) is 9.59 Å². The third kappa shape index (κ3) is 1.01. The van der Waals surface area contributed by atoms with E-state index in [0.29, 0.717) is 16.8 Å². The van der Waals surface area contributed by atoms with Crippen LogP contribution in [0.15, 0.2) is 17.7 Å². The highest BCUT2D eigenvalue weighted by atomic mass is 16.2. The molecule has 6 heteroatoms. The first-order valence-electron chi connectivity index (χ1n) is 4.91. The Bertz CT molecular complexity index is 580. The molecule has 2 aliphatic rings. The SMILES string of the molecule is Nn1nc2c(n1)C1=CCCC=C1C(=O)C2=O. The fraction of sp³-hybridized carbons (Fsp3) is 0.200. The molecule has 0 amide bonds. The molecular weight excluding hydrogens is 208 g/mol. The topological polar surface area (TPSA) is 90.9 Å². The molecule has 1 aromatic rings. The third-order valence-electron chi connectivity index (χ3n) is 2.70. The summed E-state index contributed by atoms with van der Waals surface area (Å²) in [6.45, 7) is 0. The fourth-order valence-electron chi connectivity index (χ4n) is 2.00. The number of carbonyl (C=O) groups is 2. The molecular formula is C10H8N4O2. The number of nitrogens with two attached hydrogens (primary N) is 1. The lowest BCUT2D eigenvalue weighted by atomic mass is 9.84. The molecule has 0 spiro atoms. The lowest BCUT2D eigenvalue weighted by Gasteiger charge is -2.17. The molecule has 16 heavy (non-hydrogen) atoms. The Morgan fingerprint density at radius 1 is 1.00 bits per heavy atom. The predicted molar refractivity (Wildman–Crippen MR) is 54.8 cm³/mol. The van der Waals surface area contributed by atoms with Crippen LogP contribution in [-0.4, -0.2) is 26.7 Å². The number of Topliss-reactive ketones (excluding diaryl/α,β-unsaturated/α-hetero) is 2. The number of hydrogen-bond acceptors (Lipinski definition) is 5. The number of nitrogens with zero attached hydrogens (tertiary/aromatic N) is 3. The van der Waals surface area contributed by atoms with Crippen molar-refractivity contribution >= 4 is 17.1 Å². The average Bonchev–Trinajstić information content (AvgIpc) is 2.68. The second-order valence-corrected chi connectivity index (χ2v) is 3.69. The van der Waals surface area contributed by atoms with Crippen molar-refractivity contribution in [2.45, 2.75) is 12.8 Å². The van der Waals surface area contributed by atoms with Gasteiger partial charge in [-0.15, -0.1) is 10.2 Å². The highest BCUT2D eigenvalue weighted by molar-refractivity contribution is 6.54. The lowest BCUT2D eigenvalue weighted by molar-refractivity contribution is -0.111. The summed E-state index contributed by atoms with van der Waals surface area (Å²) in [5.41, 5.74) is 1.59. The van der Waals surface area contributed by atoms with Crippen LogP contribution in [0.25, 0.3) is 5.57 Å². The Morgan fingerprint density at radius 2 is 1.62 bits per heavy atom. The third-order valence-corrected chi connectivity index (χ3v) is 2.70. The van der Waals surface area contributed by atoms with Gasteiger partial charge in [0.25, 0.3) is 5.78 Å². The summed E-state index contributed by atoms with van der Waals surface area (Å²) in [4.78, 5) is 24.3. The first kappa shape index (κ1) is 9.02. The van der Waals surface area contributed by atoms with E-state index in [1.54, 1.807) is 6.08 Å². The smallest absolute Gasteiger partial charge is 0.256 e. The van der Waals surface area contributed by atoms with Crippen LogP contribution in [0.4, 0.5) is 0 Å². The minimum Gasteiger partial charge on any atom is -0.306 e. The molecule has 0 unspecified atom stereocenters. The summed E-state index contributed by atoms with van der Waals surface area (Å²) in [7, 11) is 0. The van der Waals surface area contributed by atoms with Crippen molar-refractivity contribution in [2.24, 2.45) is 0 Å². The van der Waals surface area contributed by atoms with E-state index >= 15 is 0 Å². The molecule has 0 atom stereocenters. The standard InChI is InChI=1S/C10H8N4O2/c11-14-12-7-5-3-1-2-4-6(5)9(15)10(16)8(7)13-14/h3-4H,1-2,11H2. The van der Waals surface area contributed by atoms with Gasteiger partial charge in [-0.05, 0) is 12.8 Å². The van der Waals surface area contributed by atoms with Gasteiger partial charge in [0.05, 0.1) is 0 Å². The van der Waals surface area contributed by atoms with Gasteiger partial charge in [0.1, 0.15) is 5.69 Å². The monoisotopic (exact) mass is 216 g/mol. The molecule has 2 N–H and O–H groups in total. The van der Waals surface area contributed by atoms with Gasteiger partial charge in [-0.2, -0.15) is 0 Å². The van der Waals surface area contributed by atoms with E-state index in [9.17, 15) is 9.59 Å². The minimum atomic E-state index is -0.628. The Labute approximate surface area is 90.4 Å². The zero-order valence-electron chi connectivity index (χ0n) is 8.30. The molecule has 0 saturated carbocycles. The van der Waals surface area contributed by atoms with Crippen LogP contribution in [0.5, 0.6) is 0 Å². The minimum absolute atomic E-state index is 0.0535. The van der Waals surface area contributed by atoms with Crippen LogP contribution in [0.2, 0.25) is 0 Å². The molecule has 0 aromatic carbocycles. The molecule has 3 rings (SSSR count). The average molecular weight is 216 g/mol. The van der Waals surface area contributed by atoms with E-state index in [1.807, 2.05) is 6.08 Å². The van der Waals surface area contributed by atoms with Gasteiger partial charge in [0, 0.05) is 11.1 Å². The van der Waals surface area contributed by atoms with Crippen LogP contribution in [0.1, 0.15) is 29.0 Å². The first-order valence-corrected chi connectivity index (χ1v) is 4.91. The molecule has 0 fully saturated rings. The number of rotatable bonds is 0. The largest absolute Gasteiger partial charge is 0.306 e. The summed E-state index contributed by atoms with van der Waals surface area (Å²) in [5, 5.41) is 7.64. The van der Waals surface area contributed by atoms with Gasteiger partial charge < -0.3 is 5.84 Å². The normalized spacial score (nSPS) is 18.8. The van der Waals surface area contributed by atoms with Crippen molar-refractivity contribution in [3.05, 3.63) is 29.1 Å². The molecule has 6 nitrogen and oxygen atoms in total. The van der Waals surface area contributed by atoms with Gasteiger partial charge >= 0.3 is 0 Å². The zero-order valence-corrected chi connectivity index (χ0v) is 8.30. The van der Waals surface area contributed by atoms with Crippen molar-refractivity contribution in [3.63, 3.8) is 0 Å². The number of carbonyl (C=O) groups excluding carboxylic acids is 2. The highest BCUT2D eigenvalue weighted by Crippen LogP contribution is 2.33. The summed E-state index contributed by atoms with van der Waals surface area (Å²) in [5.74, 6) is 4.23. The van der Waals surface area contributed by atoms with Crippen molar-refractivity contribution in [1.82, 2.24) is 15.1 Å². The second-order valence-electron chi connectivity index (χ2n) is 3.69. The molecule has 0 saturated heterocycles. The molecule has 0 aliphatic heterocycles. The number of fused-ring (bicyclic) bond motifs is 3.